The third-order valence-electron chi connectivity index (χ3n) is 3.74. The normalized spacial score (nSPS) is 17.8. The van der Waals surface area contributed by atoms with Gasteiger partial charge in [0.05, 0.1) is 0 Å². The molecule has 2 rings (SSSR count). The predicted molar refractivity (Wildman–Crippen MR) is 73.0 cm³/mol. The first kappa shape index (κ1) is 13.3. The van der Waals surface area contributed by atoms with Crippen LogP contribution in [-0.4, -0.2) is 0 Å². The summed E-state index contributed by atoms with van der Waals surface area (Å²) in [5, 5.41) is 0. The highest BCUT2D eigenvalue weighted by molar-refractivity contribution is 5.30. The predicted octanol–water partition coefficient (Wildman–Crippen LogP) is 5.11. The topological polar surface area (TPSA) is 0 Å². The lowest BCUT2D eigenvalue weighted by atomic mass is 9.80. The molecule has 0 N–H and O–H groups in total. The standard InChI is InChI=1S/C14H20.C2H6/c1-3-12-7-6-8-13(11-12)14(2)9-4-5-10-14;1-2/h6-8,11H,3-5,9-10H2,1-2H3;1-2H3. The van der Waals surface area contributed by atoms with Gasteiger partial charge in [0.15, 0.2) is 0 Å². The summed E-state index contributed by atoms with van der Waals surface area (Å²) >= 11 is 0. The molecule has 0 heterocycles. The van der Waals surface area contributed by atoms with Crippen molar-refractivity contribution in [1.82, 2.24) is 0 Å². The third kappa shape index (κ3) is 2.87. The van der Waals surface area contributed by atoms with Gasteiger partial charge in [-0.2, -0.15) is 0 Å². The molecule has 1 aromatic rings. The van der Waals surface area contributed by atoms with Crippen LogP contribution in [0.2, 0.25) is 0 Å². The minimum absolute atomic E-state index is 0.477. The van der Waals surface area contributed by atoms with Gasteiger partial charge in [-0.3, -0.25) is 0 Å². The summed E-state index contributed by atoms with van der Waals surface area (Å²) in [6.45, 7) is 8.66. The molecule has 1 aliphatic carbocycles. The van der Waals surface area contributed by atoms with E-state index in [0.717, 1.165) is 6.42 Å². The highest BCUT2D eigenvalue weighted by atomic mass is 14.3. The van der Waals surface area contributed by atoms with E-state index in [1.165, 1.54) is 31.2 Å². The number of benzene rings is 1. The van der Waals surface area contributed by atoms with Crippen LogP contribution < -0.4 is 0 Å². The zero-order valence-corrected chi connectivity index (χ0v) is 11.3. The fraction of sp³-hybridized carbons (Fsp3) is 0.625. The third-order valence-corrected chi connectivity index (χ3v) is 3.74. The van der Waals surface area contributed by atoms with Crippen molar-refractivity contribution >= 4 is 0 Å². The van der Waals surface area contributed by atoms with Gasteiger partial charge in [0.2, 0.25) is 0 Å². The Hall–Kier alpha value is -0.780. The van der Waals surface area contributed by atoms with E-state index in [1.807, 2.05) is 13.8 Å². The summed E-state index contributed by atoms with van der Waals surface area (Å²) in [5.74, 6) is 0. The largest absolute Gasteiger partial charge is 0.0683 e. The molecule has 0 spiro atoms. The minimum atomic E-state index is 0.477. The number of hydrogen-bond acceptors (Lipinski definition) is 0. The summed E-state index contributed by atoms with van der Waals surface area (Å²) in [4.78, 5) is 0. The average molecular weight is 218 g/mol. The Bertz CT molecular complexity index is 306. The molecule has 1 fully saturated rings. The Labute approximate surface area is 101 Å². The molecule has 0 bridgehead atoms. The molecule has 0 heteroatoms. The quantitative estimate of drug-likeness (QED) is 0.647. The Morgan fingerprint density at radius 1 is 1.12 bits per heavy atom. The van der Waals surface area contributed by atoms with Crippen molar-refractivity contribution < 1.29 is 0 Å². The summed E-state index contributed by atoms with van der Waals surface area (Å²) in [5.41, 5.74) is 3.52. The molecule has 90 valence electrons. The van der Waals surface area contributed by atoms with Crippen LogP contribution >= 0.6 is 0 Å². The van der Waals surface area contributed by atoms with E-state index in [2.05, 4.69) is 38.1 Å². The summed E-state index contributed by atoms with van der Waals surface area (Å²) in [6, 6.07) is 9.18. The molecule has 0 saturated heterocycles. The maximum absolute atomic E-state index is 2.43. The van der Waals surface area contributed by atoms with Crippen LogP contribution in [0, 0.1) is 0 Å². The lowest BCUT2D eigenvalue weighted by Crippen LogP contribution is -2.16. The van der Waals surface area contributed by atoms with Gasteiger partial charge in [0, 0.05) is 0 Å². The molecule has 1 aromatic carbocycles. The molecule has 0 nitrogen and oxygen atoms in total. The van der Waals surface area contributed by atoms with Gasteiger partial charge in [-0.05, 0) is 35.8 Å². The van der Waals surface area contributed by atoms with E-state index in [0.29, 0.717) is 5.41 Å². The first-order chi connectivity index (χ1) is 7.74. The summed E-state index contributed by atoms with van der Waals surface area (Å²) in [7, 11) is 0. The van der Waals surface area contributed by atoms with Crippen molar-refractivity contribution in [3.8, 4) is 0 Å². The van der Waals surface area contributed by atoms with E-state index in [-0.39, 0.29) is 0 Å². The second-order valence-corrected chi connectivity index (χ2v) is 4.82. The van der Waals surface area contributed by atoms with E-state index in [1.54, 1.807) is 5.56 Å². The Kier molecular flexibility index (Phi) is 5.05. The first-order valence-corrected chi connectivity index (χ1v) is 6.84. The van der Waals surface area contributed by atoms with Gasteiger partial charge in [-0.1, -0.05) is 64.8 Å². The molecular formula is C16H26. The van der Waals surface area contributed by atoms with Gasteiger partial charge in [0.1, 0.15) is 0 Å². The molecular weight excluding hydrogens is 192 g/mol. The molecule has 1 aliphatic rings. The SMILES string of the molecule is CC.CCc1cccc(C2(C)CCCC2)c1. The minimum Gasteiger partial charge on any atom is -0.0683 e. The van der Waals surface area contributed by atoms with Gasteiger partial charge in [-0.15, -0.1) is 0 Å². The fourth-order valence-electron chi connectivity index (χ4n) is 2.61. The first-order valence-electron chi connectivity index (χ1n) is 6.84. The van der Waals surface area contributed by atoms with E-state index in [9.17, 15) is 0 Å². The molecule has 0 amide bonds. The summed E-state index contributed by atoms with van der Waals surface area (Å²) in [6.07, 6.45) is 6.73. The smallest absolute Gasteiger partial charge is 0.00751 e. The van der Waals surface area contributed by atoms with Crippen molar-refractivity contribution in [3.05, 3.63) is 35.4 Å². The molecule has 0 unspecified atom stereocenters. The highest BCUT2D eigenvalue weighted by Crippen LogP contribution is 2.40. The van der Waals surface area contributed by atoms with Crippen LogP contribution in [0.3, 0.4) is 0 Å². The van der Waals surface area contributed by atoms with Gasteiger partial charge < -0.3 is 0 Å². The monoisotopic (exact) mass is 218 g/mol. The van der Waals surface area contributed by atoms with E-state index >= 15 is 0 Å². The van der Waals surface area contributed by atoms with Crippen LogP contribution in [0.4, 0.5) is 0 Å². The second kappa shape index (κ2) is 6.08. The van der Waals surface area contributed by atoms with Crippen LogP contribution in [0.5, 0.6) is 0 Å². The van der Waals surface area contributed by atoms with Crippen LogP contribution in [0.1, 0.15) is 64.5 Å². The molecule has 0 atom stereocenters. The van der Waals surface area contributed by atoms with Crippen LogP contribution in [-0.2, 0) is 11.8 Å². The Morgan fingerprint density at radius 3 is 2.31 bits per heavy atom. The second-order valence-electron chi connectivity index (χ2n) is 4.82. The van der Waals surface area contributed by atoms with Gasteiger partial charge in [-0.25, -0.2) is 0 Å². The van der Waals surface area contributed by atoms with Crippen molar-refractivity contribution in [2.24, 2.45) is 0 Å². The van der Waals surface area contributed by atoms with Crippen LogP contribution in [0.25, 0.3) is 0 Å². The zero-order valence-electron chi connectivity index (χ0n) is 11.3. The van der Waals surface area contributed by atoms with Gasteiger partial charge >= 0.3 is 0 Å². The van der Waals surface area contributed by atoms with Crippen molar-refractivity contribution in [1.29, 1.82) is 0 Å². The lowest BCUT2D eigenvalue weighted by molar-refractivity contribution is 0.491. The fourth-order valence-corrected chi connectivity index (χ4v) is 2.61. The maximum Gasteiger partial charge on any atom is -0.00751 e. The van der Waals surface area contributed by atoms with Crippen molar-refractivity contribution in [3.63, 3.8) is 0 Å². The van der Waals surface area contributed by atoms with E-state index < -0.39 is 0 Å². The average Bonchev–Trinajstić information content (AvgIpc) is 2.80. The van der Waals surface area contributed by atoms with Crippen LogP contribution in [0.15, 0.2) is 24.3 Å². The molecule has 0 aromatic heterocycles. The zero-order chi connectivity index (χ0) is 12.0. The number of hydrogen-bond donors (Lipinski definition) is 0. The highest BCUT2D eigenvalue weighted by Gasteiger charge is 2.30. The molecule has 0 radical (unpaired) electrons. The van der Waals surface area contributed by atoms with E-state index in [4.69, 9.17) is 0 Å². The number of rotatable bonds is 2. The number of aryl methyl sites for hydroxylation is 1. The summed E-state index contributed by atoms with van der Waals surface area (Å²) < 4.78 is 0. The van der Waals surface area contributed by atoms with Crippen molar-refractivity contribution in [2.45, 2.75) is 65.2 Å². The van der Waals surface area contributed by atoms with Gasteiger partial charge in [0.25, 0.3) is 0 Å². The Balaban J connectivity index is 0.000000606. The Morgan fingerprint density at radius 2 is 1.75 bits per heavy atom. The molecule has 16 heavy (non-hydrogen) atoms. The molecule has 1 saturated carbocycles. The lowest BCUT2D eigenvalue weighted by Gasteiger charge is -2.24. The maximum atomic E-state index is 2.43. The molecule has 0 aliphatic heterocycles. The van der Waals surface area contributed by atoms with Crippen molar-refractivity contribution in [2.75, 3.05) is 0 Å².